The second-order valence-corrected chi connectivity index (χ2v) is 4.02. The summed E-state index contributed by atoms with van der Waals surface area (Å²) in [6.07, 6.45) is -4.07. The number of carbonyl (C=O) groups is 1. The van der Waals surface area contributed by atoms with Crippen molar-refractivity contribution < 1.29 is 27.8 Å². The maximum absolute atomic E-state index is 12.0. The van der Waals surface area contributed by atoms with Crippen molar-refractivity contribution in [2.75, 3.05) is 0 Å². The smallest absolute Gasteiger partial charge is 0.477 e. The zero-order valence-corrected chi connectivity index (χ0v) is 10.5. The number of hydrogen-bond donors (Lipinski definition) is 2. The number of carboxylic acids is 1. The summed E-state index contributed by atoms with van der Waals surface area (Å²) >= 11 is 0. The van der Waals surface area contributed by atoms with Gasteiger partial charge in [0.2, 0.25) is 0 Å². The van der Waals surface area contributed by atoms with Crippen molar-refractivity contribution in [3.63, 3.8) is 0 Å². The van der Waals surface area contributed by atoms with E-state index in [1.54, 1.807) is 4.98 Å². The van der Waals surface area contributed by atoms with E-state index >= 15 is 0 Å². The van der Waals surface area contributed by atoms with Crippen LogP contribution in [0.1, 0.15) is 10.4 Å². The van der Waals surface area contributed by atoms with Gasteiger partial charge in [-0.25, -0.2) is 9.59 Å². The third kappa shape index (κ3) is 3.34. The Morgan fingerprint density at radius 2 is 1.77 bits per heavy atom. The summed E-state index contributed by atoms with van der Waals surface area (Å²) in [7, 11) is 0. The molecule has 0 amide bonds. The average Bonchev–Trinajstić information content (AvgIpc) is 2.38. The van der Waals surface area contributed by atoms with E-state index in [4.69, 9.17) is 5.11 Å². The lowest BCUT2D eigenvalue weighted by Crippen LogP contribution is -2.32. The van der Waals surface area contributed by atoms with Crippen LogP contribution in [0.4, 0.5) is 13.2 Å². The van der Waals surface area contributed by atoms with Crippen LogP contribution in [0.3, 0.4) is 0 Å². The van der Waals surface area contributed by atoms with E-state index in [-0.39, 0.29) is 5.69 Å². The standard InChI is InChI=1S/C12H7F3N2O5/c13-12(14,15)22-7-3-1-6(2-4-7)17-5-8(10(19)20)9(18)16-11(17)21/h1-5H,(H,19,20)(H,16,18,21). The van der Waals surface area contributed by atoms with Crippen LogP contribution in [0.2, 0.25) is 0 Å². The number of hydrogen-bond acceptors (Lipinski definition) is 4. The highest BCUT2D eigenvalue weighted by Crippen LogP contribution is 2.23. The molecule has 22 heavy (non-hydrogen) atoms. The van der Waals surface area contributed by atoms with Gasteiger partial charge in [-0.2, -0.15) is 0 Å². The molecular formula is C12H7F3N2O5. The summed E-state index contributed by atoms with van der Waals surface area (Å²) in [4.78, 5) is 35.6. The molecule has 0 aliphatic heterocycles. The number of aromatic carboxylic acids is 1. The van der Waals surface area contributed by atoms with Gasteiger partial charge in [-0.1, -0.05) is 0 Å². The van der Waals surface area contributed by atoms with E-state index in [0.29, 0.717) is 0 Å². The SMILES string of the molecule is O=C(O)c1cn(-c2ccc(OC(F)(F)F)cc2)c(=O)[nH]c1=O. The molecular weight excluding hydrogens is 309 g/mol. The Kier molecular flexibility index (Phi) is 3.76. The van der Waals surface area contributed by atoms with Crippen LogP contribution >= 0.6 is 0 Å². The Balaban J connectivity index is 2.45. The lowest BCUT2D eigenvalue weighted by atomic mass is 10.3. The number of rotatable bonds is 3. The summed E-state index contributed by atoms with van der Waals surface area (Å²) < 4.78 is 40.5. The molecule has 2 rings (SSSR count). The molecule has 2 aromatic rings. The van der Waals surface area contributed by atoms with Crippen LogP contribution in [0.5, 0.6) is 5.75 Å². The lowest BCUT2D eigenvalue weighted by Gasteiger charge is -2.10. The molecule has 2 N–H and O–H groups in total. The van der Waals surface area contributed by atoms with Gasteiger partial charge < -0.3 is 9.84 Å². The number of nitrogens with one attached hydrogen (secondary N) is 1. The summed E-state index contributed by atoms with van der Waals surface area (Å²) in [5, 5.41) is 8.82. The molecule has 0 atom stereocenters. The molecule has 116 valence electrons. The molecule has 0 aliphatic rings. The van der Waals surface area contributed by atoms with Gasteiger partial charge in [0, 0.05) is 6.20 Å². The van der Waals surface area contributed by atoms with Gasteiger partial charge in [0.15, 0.2) is 0 Å². The number of H-pyrrole nitrogens is 1. The predicted octanol–water partition coefficient (Wildman–Crippen LogP) is 1.12. The molecule has 1 aromatic carbocycles. The van der Waals surface area contributed by atoms with Crippen molar-refractivity contribution in [2.24, 2.45) is 0 Å². The van der Waals surface area contributed by atoms with E-state index in [0.717, 1.165) is 35.0 Å². The summed E-state index contributed by atoms with van der Waals surface area (Å²) in [5.74, 6) is -2.06. The number of ether oxygens (including phenoxy) is 1. The average molecular weight is 316 g/mol. The van der Waals surface area contributed by atoms with E-state index < -0.39 is 34.9 Å². The van der Waals surface area contributed by atoms with Crippen LogP contribution in [0, 0.1) is 0 Å². The Hall–Kier alpha value is -3.04. The number of nitrogens with zero attached hydrogens (tertiary/aromatic N) is 1. The van der Waals surface area contributed by atoms with E-state index in [1.807, 2.05) is 0 Å². The quantitative estimate of drug-likeness (QED) is 0.883. The summed E-state index contributed by atoms with van der Waals surface area (Å²) in [6, 6.07) is 4.10. The molecule has 7 nitrogen and oxygen atoms in total. The first-order valence-corrected chi connectivity index (χ1v) is 5.63. The second-order valence-electron chi connectivity index (χ2n) is 4.02. The molecule has 10 heteroatoms. The Morgan fingerprint density at radius 3 is 2.27 bits per heavy atom. The minimum atomic E-state index is -4.85. The van der Waals surface area contributed by atoms with Crippen LogP contribution in [0.15, 0.2) is 40.1 Å². The first kappa shape index (κ1) is 15.4. The number of aromatic amines is 1. The van der Waals surface area contributed by atoms with Crippen molar-refractivity contribution in [1.29, 1.82) is 0 Å². The van der Waals surface area contributed by atoms with Crippen molar-refractivity contribution >= 4 is 5.97 Å². The van der Waals surface area contributed by atoms with E-state index in [1.165, 1.54) is 0 Å². The molecule has 0 saturated carbocycles. The van der Waals surface area contributed by atoms with E-state index in [2.05, 4.69) is 4.74 Å². The minimum Gasteiger partial charge on any atom is -0.477 e. The monoisotopic (exact) mass is 316 g/mol. The second kappa shape index (κ2) is 5.39. The molecule has 1 heterocycles. The molecule has 0 radical (unpaired) electrons. The fourth-order valence-corrected chi connectivity index (χ4v) is 1.62. The zero-order chi connectivity index (χ0) is 16.5. The fourth-order valence-electron chi connectivity index (χ4n) is 1.62. The zero-order valence-electron chi connectivity index (χ0n) is 10.5. The number of alkyl halides is 3. The van der Waals surface area contributed by atoms with Gasteiger partial charge in [0.1, 0.15) is 11.3 Å². The highest BCUT2D eigenvalue weighted by atomic mass is 19.4. The van der Waals surface area contributed by atoms with Gasteiger partial charge in [-0.05, 0) is 24.3 Å². The Bertz CT molecular complexity index is 820. The largest absolute Gasteiger partial charge is 0.573 e. The third-order valence-corrected chi connectivity index (χ3v) is 2.52. The number of aromatic nitrogens is 2. The molecule has 0 unspecified atom stereocenters. The van der Waals surface area contributed by atoms with Crippen LogP contribution in [-0.4, -0.2) is 27.0 Å². The third-order valence-electron chi connectivity index (χ3n) is 2.52. The fraction of sp³-hybridized carbons (Fsp3) is 0.0833. The normalized spacial score (nSPS) is 11.2. The first-order chi connectivity index (χ1) is 10.2. The van der Waals surface area contributed by atoms with Crippen LogP contribution < -0.4 is 16.0 Å². The summed E-state index contributed by atoms with van der Waals surface area (Å²) in [6.45, 7) is 0. The maximum Gasteiger partial charge on any atom is 0.573 e. The predicted molar refractivity (Wildman–Crippen MR) is 66.3 cm³/mol. The van der Waals surface area contributed by atoms with Crippen molar-refractivity contribution in [3.8, 4) is 11.4 Å². The molecule has 0 aliphatic carbocycles. The topological polar surface area (TPSA) is 101 Å². The molecule has 0 saturated heterocycles. The van der Waals surface area contributed by atoms with Gasteiger partial charge in [0.05, 0.1) is 5.69 Å². The van der Waals surface area contributed by atoms with Crippen molar-refractivity contribution in [1.82, 2.24) is 9.55 Å². The van der Waals surface area contributed by atoms with Gasteiger partial charge >= 0.3 is 18.0 Å². The van der Waals surface area contributed by atoms with Gasteiger partial charge in [-0.3, -0.25) is 14.3 Å². The van der Waals surface area contributed by atoms with Crippen molar-refractivity contribution in [2.45, 2.75) is 6.36 Å². The number of halogens is 3. The number of benzene rings is 1. The molecule has 1 aromatic heterocycles. The summed E-state index contributed by atoms with van der Waals surface area (Å²) in [5.41, 5.74) is -2.64. The van der Waals surface area contributed by atoms with Crippen LogP contribution in [-0.2, 0) is 0 Å². The molecule has 0 fully saturated rings. The highest BCUT2D eigenvalue weighted by molar-refractivity contribution is 5.86. The first-order valence-electron chi connectivity index (χ1n) is 5.63. The van der Waals surface area contributed by atoms with E-state index in [9.17, 15) is 27.6 Å². The van der Waals surface area contributed by atoms with Gasteiger partial charge in [-0.15, -0.1) is 13.2 Å². The lowest BCUT2D eigenvalue weighted by molar-refractivity contribution is -0.274. The highest BCUT2D eigenvalue weighted by Gasteiger charge is 2.31. The van der Waals surface area contributed by atoms with Crippen molar-refractivity contribution in [3.05, 3.63) is 56.9 Å². The maximum atomic E-state index is 12.0. The Morgan fingerprint density at radius 1 is 1.18 bits per heavy atom. The number of carboxylic acid groups (broad SMARTS) is 1. The Labute approximate surface area is 119 Å². The minimum absolute atomic E-state index is 0.0540. The molecule has 0 spiro atoms. The van der Waals surface area contributed by atoms with Gasteiger partial charge in [0.25, 0.3) is 5.56 Å². The van der Waals surface area contributed by atoms with Crippen LogP contribution in [0.25, 0.3) is 5.69 Å². The molecule has 0 bridgehead atoms.